The second kappa shape index (κ2) is 8.54. The minimum Gasteiger partial charge on any atom is -0.478 e. The number of para-hydroxylation sites is 1. The zero-order chi connectivity index (χ0) is 18.4. The van der Waals surface area contributed by atoms with Crippen molar-refractivity contribution in [1.29, 1.82) is 0 Å². The van der Waals surface area contributed by atoms with Gasteiger partial charge in [-0.25, -0.2) is 4.79 Å². The Hall–Kier alpha value is -2.79. The van der Waals surface area contributed by atoms with Gasteiger partial charge in [0.1, 0.15) is 0 Å². The lowest BCUT2D eigenvalue weighted by molar-refractivity contribution is -0.142. The third-order valence-corrected chi connectivity index (χ3v) is 4.21. The van der Waals surface area contributed by atoms with Crippen molar-refractivity contribution in [3.63, 3.8) is 0 Å². The smallest absolute Gasteiger partial charge is 0.343 e. The van der Waals surface area contributed by atoms with Crippen LogP contribution in [0.5, 0.6) is 5.75 Å². The first-order valence-corrected chi connectivity index (χ1v) is 8.50. The number of esters is 1. The Kier molecular flexibility index (Phi) is 5.92. The van der Waals surface area contributed by atoms with Gasteiger partial charge in [0, 0.05) is 16.9 Å². The number of hydrogen-bond acceptors (Lipinski definition) is 5. The lowest BCUT2D eigenvalue weighted by Gasteiger charge is -2.12. The van der Waals surface area contributed by atoms with E-state index in [0.29, 0.717) is 30.5 Å². The van der Waals surface area contributed by atoms with E-state index in [4.69, 9.17) is 13.9 Å². The summed E-state index contributed by atoms with van der Waals surface area (Å²) < 4.78 is 21.6. The maximum absolute atomic E-state index is 11.3. The molecule has 136 valence electrons. The molecule has 0 bridgehead atoms. The van der Waals surface area contributed by atoms with Gasteiger partial charge in [-0.15, -0.1) is 0 Å². The maximum Gasteiger partial charge on any atom is 0.343 e. The van der Waals surface area contributed by atoms with Crippen LogP contribution in [0.25, 0.3) is 11.0 Å². The number of benzene rings is 2. The molecule has 0 saturated heterocycles. The Labute approximate surface area is 152 Å². The van der Waals surface area contributed by atoms with Crippen molar-refractivity contribution in [2.75, 3.05) is 20.3 Å². The van der Waals surface area contributed by atoms with Crippen LogP contribution in [0, 0.1) is 0 Å². The SMILES string of the molecule is COC(=O)COc1cccc2c(COC[C@@H](C)c3ccccc3)coc12. The maximum atomic E-state index is 11.3. The van der Waals surface area contributed by atoms with E-state index in [1.807, 2.05) is 30.3 Å². The molecule has 1 atom stereocenters. The molecule has 26 heavy (non-hydrogen) atoms. The zero-order valence-corrected chi connectivity index (χ0v) is 14.9. The van der Waals surface area contributed by atoms with Crippen LogP contribution < -0.4 is 4.74 Å². The van der Waals surface area contributed by atoms with Crippen LogP contribution in [0.15, 0.2) is 59.2 Å². The van der Waals surface area contributed by atoms with Crippen molar-refractivity contribution < 1.29 is 23.4 Å². The first-order valence-electron chi connectivity index (χ1n) is 8.50. The number of carbonyl (C=O) groups is 1. The number of methoxy groups -OCH3 is 1. The van der Waals surface area contributed by atoms with Crippen LogP contribution in [0.4, 0.5) is 0 Å². The van der Waals surface area contributed by atoms with E-state index >= 15 is 0 Å². The molecule has 2 aromatic carbocycles. The lowest BCUT2D eigenvalue weighted by Crippen LogP contribution is -2.12. The summed E-state index contributed by atoms with van der Waals surface area (Å²) in [7, 11) is 1.32. The highest BCUT2D eigenvalue weighted by Gasteiger charge is 2.13. The fourth-order valence-electron chi connectivity index (χ4n) is 2.73. The molecule has 0 N–H and O–H groups in total. The second-order valence-electron chi connectivity index (χ2n) is 6.09. The Balaban J connectivity index is 1.63. The van der Waals surface area contributed by atoms with Gasteiger partial charge < -0.3 is 18.6 Å². The molecule has 0 amide bonds. The monoisotopic (exact) mass is 354 g/mol. The molecule has 0 aliphatic heterocycles. The van der Waals surface area contributed by atoms with E-state index in [0.717, 1.165) is 10.9 Å². The molecule has 1 heterocycles. The molecule has 1 aromatic heterocycles. The van der Waals surface area contributed by atoms with Crippen molar-refractivity contribution >= 4 is 16.9 Å². The van der Waals surface area contributed by atoms with Gasteiger partial charge in [-0.05, 0) is 11.6 Å². The number of furan rings is 1. The lowest BCUT2D eigenvalue weighted by atomic mass is 10.0. The van der Waals surface area contributed by atoms with Gasteiger partial charge in [0.05, 0.1) is 26.6 Å². The molecule has 0 radical (unpaired) electrons. The van der Waals surface area contributed by atoms with E-state index in [-0.39, 0.29) is 6.61 Å². The third kappa shape index (κ3) is 4.24. The number of fused-ring (bicyclic) bond motifs is 1. The second-order valence-corrected chi connectivity index (χ2v) is 6.09. The van der Waals surface area contributed by atoms with Gasteiger partial charge in [-0.2, -0.15) is 0 Å². The fourth-order valence-corrected chi connectivity index (χ4v) is 2.73. The van der Waals surface area contributed by atoms with Gasteiger partial charge in [0.2, 0.25) is 0 Å². The molecule has 0 unspecified atom stereocenters. The summed E-state index contributed by atoms with van der Waals surface area (Å²) in [4.78, 5) is 11.3. The molecule has 5 nitrogen and oxygen atoms in total. The van der Waals surface area contributed by atoms with Crippen molar-refractivity contribution in [3.8, 4) is 5.75 Å². The van der Waals surface area contributed by atoms with Crippen LogP contribution in [0.3, 0.4) is 0 Å². The minimum absolute atomic E-state index is 0.156. The fraction of sp³-hybridized carbons (Fsp3) is 0.286. The summed E-state index contributed by atoms with van der Waals surface area (Å²) in [5.41, 5.74) is 2.80. The molecule has 3 rings (SSSR count). The highest BCUT2D eigenvalue weighted by molar-refractivity contribution is 5.86. The largest absolute Gasteiger partial charge is 0.478 e. The van der Waals surface area contributed by atoms with E-state index in [9.17, 15) is 4.79 Å². The van der Waals surface area contributed by atoms with Crippen LogP contribution in [-0.2, 0) is 20.9 Å². The summed E-state index contributed by atoms with van der Waals surface area (Å²) in [6.07, 6.45) is 1.67. The average Bonchev–Trinajstić information content (AvgIpc) is 3.10. The molecule has 0 aliphatic carbocycles. The molecule has 0 aliphatic rings. The zero-order valence-electron chi connectivity index (χ0n) is 14.9. The van der Waals surface area contributed by atoms with E-state index in [2.05, 4.69) is 23.8 Å². The number of rotatable bonds is 8. The first-order chi connectivity index (χ1) is 12.7. The third-order valence-electron chi connectivity index (χ3n) is 4.21. The summed E-state index contributed by atoms with van der Waals surface area (Å²) in [6.45, 7) is 3.05. The summed E-state index contributed by atoms with van der Waals surface area (Å²) in [5, 5.41) is 0.916. The predicted octanol–water partition coefficient (Wildman–Crippen LogP) is 4.30. The predicted molar refractivity (Wildman–Crippen MR) is 98.2 cm³/mol. The van der Waals surface area contributed by atoms with E-state index in [1.54, 1.807) is 12.3 Å². The van der Waals surface area contributed by atoms with Gasteiger partial charge in [0.15, 0.2) is 17.9 Å². The molecular weight excluding hydrogens is 332 g/mol. The molecule has 0 saturated carbocycles. The number of hydrogen-bond donors (Lipinski definition) is 0. The summed E-state index contributed by atoms with van der Waals surface area (Å²) in [5.74, 6) is 0.386. The van der Waals surface area contributed by atoms with Crippen molar-refractivity contribution in [3.05, 3.63) is 65.9 Å². The highest BCUT2D eigenvalue weighted by atomic mass is 16.6. The minimum atomic E-state index is -0.438. The van der Waals surface area contributed by atoms with Gasteiger partial charge in [0.25, 0.3) is 0 Å². The van der Waals surface area contributed by atoms with E-state index < -0.39 is 5.97 Å². The molecule has 5 heteroatoms. The molecule has 0 fully saturated rings. The van der Waals surface area contributed by atoms with Crippen molar-refractivity contribution in [1.82, 2.24) is 0 Å². The van der Waals surface area contributed by atoms with Gasteiger partial charge in [-0.1, -0.05) is 49.4 Å². The standard InChI is InChI=1S/C21H22O5/c1-15(16-7-4-3-5-8-16)11-24-12-17-13-26-21-18(17)9-6-10-19(21)25-14-20(22)23-2/h3-10,13,15H,11-12,14H2,1-2H3/t15-/m1/s1. The summed E-state index contributed by atoms with van der Waals surface area (Å²) in [6, 6.07) is 15.9. The summed E-state index contributed by atoms with van der Waals surface area (Å²) >= 11 is 0. The van der Waals surface area contributed by atoms with Crippen LogP contribution in [-0.4, -0.2) is 26.3 Å². The first kappa shape index (κ1) is 18.0. The Bertz CT molecular complexity index is 853. The Morgan fingerprint density at radius 2 is 1.92 bits per heavy atom. The highest BCUT2D eigenvalue weighted by Crippen LogP contribution is 2.30. The average molecular weight is 354 g/mol. The van der Waals surface area contributed by atoms with E-state index in [1.165, 1.54) is 12.7 Å². The number of carbonyl (C=O) groups excluding carboxylic acids is 1. The van der Waals surface area contributed by atoms with Crippen LogP contribution in [0.2, 0.25) is 0 Å². The number of ether oxygens (including phenoxy) is 3. The van der Waals surface area contributed by atoms with Crippen molar-refractivity contribution in [2.24, 2.45) is 0 Å². The van der Waals surface area contributed by atoms with Crippen LogP contribution >= 0.6 is 0 Å². The van der Waals surface area contributed by atoms with Gasteiger partial charge >= 0.3 is 5.97 Å². The normalized spacial score (nSPS) is 12.1. The van der Waals surface area contributed by atoms with Gasteiger partial charge in [-0.3, -0.25) is 0 Å². The molecular formula is C21H22O5. The van der Waals surface area contributed by atoms with Crippen molar-refractivity contribution in [2.45, 2.75) is 19.4 Å². The Morgan fingerprint density at radius 3 is 2.69 bits per heavy atom. The topological polar surface area (TPSA) is 57.9 Å². The Morgan fingerprint density at radius 1 is 1.12 bits per heavy atom. The molecule has 0 spiro atoms. The molecule has 3 aromatic rings. The quantitative estimate of drug-likeness (QED) is 0.564. The van der Waals surface area contributed by atoms with Crippen LogP contribution in [0.1, 0.15) is 24.0 Å².